The van der Waals surface area contributed by atoms with E-state index in [1.54, 1.807) is 24.1 Å². The molecule has 0 aliphatic carbocycles. The highest BCUT2D eigenvalue weighted by Crippen LogP contribution is 2.10. The van der Waals surface area contributed by atoms with Gasteiger partial charge >= 0.3 is 0 Å². The van der Waals surface area contributed by atoms with Gasteiger partial charge in [-0.15, -0.1) is 0 Å². The maximum Gasteiger partial charge on any atom is 0.287 e. The number of amides is 2. The smallest absolute Gasteiger partial charge is 0.287 e. The molecule has 6 nitrogen and oxygen atoms in total. The third-order valence-electron chi connectivity index (χ3n) is 3.99. The minimum absolute atomic E-state index is 0.0253. The largest absolute Gasteiger partial charge is 0.459 e. The molecule has 1 aromatic rings. The van der Waals surface area contributed by atoms with Gasteiger partial charge in [0.25, 0.3) is 5.91 Å². The third kappa shape index (κ3) is 5.71. The summed E-state index contributed by atoms with van der Waals surface area (Å²) in [5, 5.41) is 2.75. The second kappa shape index (κ2) is 8.72. The van der Waals surface area contributed by atoms with Gasteiger partial charge < -0.3 is 20.4 Å². The minimum Gasteiger partial charge on any atom is -0.459 e. The summed E-state index contributed by atoms with van der Waals surface area (Å²) in [4.78, 5) is 26.4. The number of likely N-dealkylation sites (N-methyl/N-ethyl adjacent to an activating group) is 1. The van der Waals surface area contributed by atoms with Crippen molar-refractivity contribution in [3.63, 3.8) is 0 Å². The molecule has 6 heteroatoms. The number of carbonyl (C=O) groups excluding carboxylic acids is 2. The summed E-state index contributed by atoms with van der Waals surface area (Å²) >= 11 is 0. The molecular weight excluding hydrogens is 294 g/mol. The highest BCUT2D eigenvalue weighted by atomic mass is 16.3. The van der Waals surface area contributed by atoms with E-state index in [0.717, 1.165) is 6.42 Å². The van der Waals surface area contributed by atoms with Gasteiger partial charge in [-0.25, -0.2) is 0 Å². The molecule has 0 fully saturated rings. The van der Waals surface area contributed by atoms with Crippen molar-refractivity contribution in [1.29, 1.82) is 0 Å². The maximum absolute atomic E-state index is 12.6. The Labute approximate surface area is 138 Å². The quantitative estimate of drug-likeness (QED) is 0.764. The average molecular weight is 323 g/mol. The maximum atomic E-state index is 12.6. The minimum atomic E-state index is -0.590. The normalized spacial score (nSPS) is 13.9. The first-order valence-corrected chi connectivity index (χ1v) is 8.09. The zero-order valence-electron chi connectivity index (χ0n) is 14.7. The zero-order valence-corrected chi connectivity index (χ0v) is 14.7. The lowest BCUT2D eigenvalue weighted by Gasteiger charge is -2.28. The molecule has 0 aromatic carbocycles. The van der Waals surface area contributed by atoms with Crippen LogP contribution < -0.4 is 11.1 Å². The lowest BCUT2D eigenvalue weighted by Crippen LogP contribution is -2.50. The van der Waals surface area contributed by atoms with Crippen molar-refractivity contribution in [3.05, 3.63) is 24.2 Å². The third-order valence-corrected chi connectivity index (χ3v) is 3.99. The van der Waals surface area contributed by atoms with Crippen LogP contribution in [-0.2, 0) is 4.79 Å². The first kappa shape index (κ1) is 19.2. The van der Waals surface area contributed by atoms with Gasteiger partial charge in [-0.05, 0) is 30.4 Å². The molecular formula is C17H29N3O3. The molecule has 0 aliphatic heterocycles. The fourth-order valence-corrected chi connectivity index (χ4v) is 2.16. The van der Waals surface area contributed by atoms with E-state index in [1.807, 2.05) is 13.8 Å². The second-order valence-corrected chi connectivity index (χ2v) is 6.63. The Morgan fingerprint density at radius 3 is 2.39 bits per heavy atom. The van der Waals surface area contributed by atoms with Gasteiger partial charge in [-0.3, -0.25) is 9.59 Å². The molecule has 130 valence electrons. The molecule has 0 bridgehead atoms. The number of rotatable bonds is 8. The van der Waals surface area contributed by atoms with Crippen LogP contribution >= 0.6 is 0 Å². The Morgan fingerprint density at radius 1 is 1.26 bits per heavy atom. The van der Waals surface area contributed by atoms with Crippen LogP contribution in [0.1, 0.15) is 44.7 Å². The van der Waals surface area contributed by atoms with Crippen molar-refractivity contribution in [3.8, 4) is 0 Å². The summed E-state index contributed by atoms with van der Waals surface area (Å²) in [7, 11) is 1.74. The summed E-state index contributed by atoms with van der Waals surface area (Å²) in [5.41, 5.74) is 6.03. The fourth-order valence-electron chi connectivity index (χ4n) is 2.16. The fraction of sp³-hybridized carbons (Fsp3) is 0.647. The monoisotopic (exact) mass is 323 g/mol. The van der Waals surface area contributed by atoms with Gasteiger partial charge in [-0.1, -0.05) is 27.7 Å². The van der Waals surface area contributed by atoms with Crippen molar-refractivity contribution < 1.29 is 14.0 Å². The molecule has 2 atom stereocenters. The van der Waals surface area contributed by atoms with E-state index in [1.165, 1.54) is 6.26 Å². The molecule has 2 unspecified atom stereocenters. The number of furan rings is 1. The van der Waals surface area contributed by atoms with E-state index >= 15 is 0 Å². The number of nitrogens with two attached hydrogens (primary N) is 1. The van der Waals surface area contributed by atoms with E-state index in [-0.39, 0.29) is 29.5 Å². The van der Waals surface area contributed by atoms with Gasteiger partial charge in [0, 0.05) is 19.6 Å². The van der Waals surface area contributed by atoms with Crippen molar-refractivity contribution in [1.82, 2.24) is 10.2 Å². The van der Waals surface area contributed by atoms with Crippen molar-refractivity contribution in [2.24, 2.45) is 17.6 Å². The highest BCUT2D eigenvalue weighted by Gasteiger charge is 2.28. The molecule has 0 aliphatic rings. The SMILES string of the molecule is CC(C)C(N)CCN(C)C(=O)C(NC(=O)c1ccco1)C(C)C. The van der Waals surface area contributed by atoms with E-state index < -0.39 is 6.04 Å². The molecule has 0 radical (unpaired) electrons. The van der Waals surface area contributed by atoms with Gasteiger partial charge in [0.05, 0.1) is 6.26 Å². The van der Waals surface area contributed by atoms with E-state index in [9.17, 15) is 9.59 Å². The Morgan fingerprint density at radius 2 is 1.91 bits per heavy atom. The van der Waals surface area contributed by atoms with Crippen LogP contribution in [-0.4, -0.2) is 42.4 Å². The predicted molar refractivity (Wildman–Crippen MR) is 89.9 cm³/mol. The lowest BCUT2D eigenvalue weighted by atomic mass is 10.0. The highest BCUT2D eigenvalue weighted by molar-refractivity contribution is 5.95. The molecule has 1 aromatic heterocycles. The average Bonchev–Trinajstić information content (AvgIpc) is 3.02. The summed E-state index contributed by atoms with van der Waals surface area (Å²) < 4.78 is 5.07. The molecule has 0 saturated carbocycles. The summed E-state index contributed by atoms with van der Waals surface area (Å²) in [6.07, 6.45) is 2.16. The van der Waals surface area contributed by atoms with Crippen LogP contribution in [0.15, 0.2) is 22.8 Å². The Kier molecular flexibility index (Phi) is 7.29. The summed E-state index contributed by atoms with van der Waals surface area (Å²) in [5.74, 6) is 0.0545. The topological polar surface area (TPSA) is 88.6 Å². The van der Waals surface area contributed by atoms with E-state index in [4.69, 9.17) is 10.2 Å². The standard InChI is InChI=1S/C17H29N3O3/c1-11(2)13(18)8-9-20(5)17(22)15(12(3)4)19-16(21)14-7-6-10-23-14/h6-7,10-13,15H,8-9,18H2,1-5H3,(H,19,21). The van der Waals surface area contributed by atoms with E-state index in [2.05, 4.69) is 19.2 Å². The summed E-state index contributed by atoms with van der Waals surface area (Å²) in [6, 6.07) is 2.68. The Bertz CT molecular complexity index is 497. The number of nitrogens with one attached hydrogen (secondary N) is 1. The van der Waals surface area contributed by atoms with Crippen LogP contribution in [0.3, 0.4) is 0 Å². The number of carbonyl (C=O) groups is 2. The van der Waals surface area contributed by atoms with Crippen LogP contribution in [0.4, 0.5) is 0 Å². The molecule has 23 heavy (non-hydrogen) atoms. The second-order valence-electron chi connectivity index (χ2n) is 6.63. The van der Waals surface area contributed by atoms with Crippen molar-refractivity contribution >= 4 is 11.8 Å². The van der Waals surface area contributed by atoms with Gasteiger partial charge in [0.2, 0.25) is 5.91 Å². The van der Waals surface area contributed by atoms with Crippen LogP contribution in [0, 0.1) is 11.8 Å². The van der Waals surface area contributed by atoms with Gasteiger partial charge in [0.1, 0.15) is 6.04 Å². The first-order valence-electron chi connectivity index (χ1n) is 8.09. The Hall–Kier alpha value is -1.82. The number of hydrogen-bond acceptors (Lipinski definition) is 4. The lowest BCUT2D eigenvalue weighted by molar-refractivity contribution is -0.133. The van der Waals surface area contributed by atoms with Crippen LogP contribution in [0.25, 0.3) is 0 Å². The molecule has 0 saturated heterocycles. The van der Waals surface area contributed by atoms with Crippen molar-refractivity contribution in [2.45, 2.75) is 46.2 Å². The van der Waals surface area contributed by atoms with Gasteiger partial charge in [0.15, 0.2) is 5.76 Å². The Balaban J connectivity index is 2.65. The molecule has 1 rings (SSSR count). The molecule has 2 amide bonds. The van der Waals surface area contributed by atoms with Crippen molar-refractivity contribution in [2.75, 3.05) is 13.6 Å². The zero-order chi connectivity index (χ0) is 17.6. The molecule has 0 spiro atoms. The molecule has 3 N–H and O–H groups in total. The summed E-state index contributed by atoms with van der Waals surface area (Å²) in [6.45, 7) is 8.50. The number of nitrogens with zero attached hydrogens (tertiary/aromatic N) is 1. The first-order chi connectivity index (χ1) is 10.7. The van der Waals surface area contributed by atoms with Gasteiger partial charge in [-0.2, -0.15) is 0 Å². The van der Waals surface area contributed by atoms with Crippen LogP contribution in [0.5, 0.6) is 0 Å². The number of hydrogen-bond donors (Lipinski definition) is 2. The van der Waals surface area contributed by atoms with E-state index in [0.29, 0.717) is 12.5 Å². The predicted octanol–water partition coefficient (Wildman–Crippen LogP) is 1.87. The molecule has 1 heterocycles. The van der Waals surface area contributed by atoms with Crippen LogP contribution in [0.2, 0.25) is 0 Å².